The topological polar surface area (TPSA) is 78.2 Å². The molecule has 33 heavy (non-hydrogen) atoms. The van der Waals surface area contributed by atoms with Gasteiger partial charge in [0.25, 0.3) is 0 Å². The maximum atomic E-state index is 6.08. The lowest BCUT2D eigenvalue weighted by Crippen LogP contribution is -2.45. The zero-order valence-corrected chi connectivity index (χ0v) is 18.0. The largest absolute Gasteiger partial charge is 0.490 e. The van der Waals surface area contributed by atoms with Crippen LogP contribution in [-0.4, -0.2) is 50.8 Å². The second-order valence-electron chi connectivity index (χ2n) is 8.70. The number of pyridine rings is 1. The van der Waals surface area contributed by atoms with Crippen LogP contribution in [-0.2, 0) is 16.9 Å². The van der Waals surface area contributed by atoms with Crippen molar-refractivity contribution in [3.63, 3.8) is 0 Å². The number of anilines is 1. The van der Waals surface area contributed by atoms with Crippen LogP contribution >= 0.6 is 0 Å². The molecule has 3 aromatic heterocycles. The van der Waals surface area contributed by atoms with Crippen molar-refractivity contribution in [3.05, 3.63) is 78.1 Å². The number of benzene rings is 1. The van der Waals surface area contributed by atoms with E-state index in [1.165, 1.54) is 5.57 Å². The van der Waals surface area contributed by atoms with Crippen LogP contribution in [0.3, 0.4) is 0 Å². The van der Waals surface area contributed by atoms with Crippen molar-refractivity contribution in [1.29, 1.82) is 0 Å². The Hall–Kier alpha value is -3.78. The molecular formula is C25H22N6O2. The number of nitrogens with zero attached hydrogens (tertiary/aromatic N) is 6. The Bertz CT molecular complexity index is 1400. The maximum absolute atomic E-state index is 6.08. The number of hydrogen-bond acceptors (Lipinski definition) is 7. The molecule has 6 heterocycles. The molecule has 0 saturated heterocycles. The minimum absolute atomic E-state index is 0.435. The molecular weight excluding hydrogens is 416 g/mol. The first-order chi connectivity index (χ1) is 16.3. The van der Waals surface area contributed by atoms with E-state index in [1.807, 2.05) is 18.2 Å². The monoisotopic (exact) mass is 438 g/mol. The summed E-state index contributed by atoms with van der Waals surface area (Å²) in [5, 5.41) is 0. The molecule has 1 aromatic carbocycles. The van der Waals surface area contributed by atoms with Crippen molar-refractivity contribution in [2.75, 3.05) is 31.2 Å². The quantitative estimate of drug-likeness (QED) is 0.476. The van der Waals surface area contributed by atoms with Gasteiger partial charge in [0.2, 0.25) is 0 Å². The number of imidazole rings is 1. The molecule has 8 nitrogen and oxygen atoms in total. The van der Waals surface area contributed by atoms with E-state index >= 15 is 0 Å². The van der Waals surface area contributed by atoms with E-state index in [1.54, 1.807) is 12.5 Å². The summed E-state index contributed by atoms with van der Waals surface area (Å²) in [4.78, 5) is 20.6. The second-order valence-corrected chi connectivity index (χ2v) is 8.70. The summed E-state index contributed by atoms with van der Waals surface area (Å²) in [6.07, 6.45) is 6.53. The molecule has 0 amide bonds. The lowest BCUT2D eigenvalue weighted by atomic mass is 9.91. The Morgan fingerprint density at radius 1 is 1.00 bits per heavy atom. The minimum atomic E-state index is -0.435. The third-order valence-electron chi connectivity index (χ3n) is 6.86. The molecule has 0 aliphatic carbocycles. The minimum Gasteiger partial charge on any atom is -0.490 e. The van der Waals surface area contributed by atoms with E-state index in [4.69, 9.17) is 19.4 Å². The lowest BCUT2D eigenvalue weighted by Gasteiger charge is -2.35. The Kier molecular flexibility index (Phi) is 4.04. The van der Waals surface area contributed by atoms with Crippen molar-refractivity contribution >= 4 is 22.6 Å². The van der Waals surface area contributed by atoms with Crippen LogP contribution in [0.2, 0.25) is 0 Å². The Morgan fingerprint density at radius 3 is 2.85 bits per heavy atom. The summed E-state index contributed by atoms with van der Waals surface area (Å²) in [5.74, 6) is 2.76. The predicted octanol–water partition coefficient (Wildman–Crippen LogP) is 3.18. The van der Waals surface area contributed by atoms with Gasteiger partial charge in [0.15, 0.2) is 5.65 Å². The Balaban J connectivity index is 1.30. The van der Waals surface area contributed by atoms with E-state index in [2.05, 4.69) is 49.8 Å². The van der Waals surface area contributed by atoms with Gasteiger partial charge in [-0.1, -0.05) is 24.3 Å². The fourth-order valence-electron chi connectivity index (χ4n) is 5.24. The van der Waals surface area contributed by atoms with Gasteiger partial charge >= 0.3 is 0 Å². The Labute approximate surface area is 190 Å². The normalized spacial score (nSPS) is 21.6. The van der Waals surface area contributed by atoms with Gasteiger partial charge in [-0.2, -0.15) is 0 Å². The summed E-state index contributed by atoms with van der Waals surface area (Å²) in [6.45, 7) is 3.24. The SMILES string of the molecule is C1=C(c2ccc3nc4n(c3n2)C2(COC4)COc3ccccc32)CCN(c2ccncn2)C1. The van der Waals surface area contributed by atoms with E-state index in [-0.39, 0.29) is 0 Å². The Morgan fingerprint density at radius 2 is 1.97 bits per heavy atom. The van der Waals surface area contributed by atoms with Crippen molar-refractivity contribution in [2.24, 2.45) is 0 Å². The molecule has 1 atom stereocenters. The molecule has 3 aliphatic heterocycles. The summed E-state index contributed by atoms with van der Waals surface area (Å²) < 4.78 is 14.3. The summed E-state index contributed by atoms with van der Waals surface area (Å²) in [5.41, 5.74) is 4.74. The fourth-order valence-corrected chi connectivity index (χ4v) is 5.24. The van der Waals surface area contributed by atoms with Gasteiger partial charge in [-0.25, -0.2) is 19.9 Å². The molecule has 0 fully saturated rings. The second kappa shape index (κ2) is 7.11. The van der Waals surface area contributed by atoms with Gasteiger partial charge < -0.3 is 14.4 Å². The van der Waals surface area contributed by atoms with Gasteiger partial charge in [0.1, 0.15) is 48.0 Å². The molecule has 7 rings (SSSR count). The van der Waals surface area contributed by atoms with Crippen molar-refractivity contribution in [2.45, 2.75) is 18.6 Å². The van der Waals surface area contributed by atoms with E-state index in [9.17, 15) is 0 Å². The molecule has 0 radical (unpaired) electrons. The summed E-state index contributed by atoms with van der Waals surface area (Å²) in [6, 6.07) is 14.3. The van der Waals surface area contributed by atoms with Gasteiger partial charge in [-0.3, -0.25) is 4.57 Å². The number of hydrogen-bond donors (Lipinski definition) is 0. The summed E-state index contributed by atoms with van der Waals surface area (Å²) in [7, 11) is 0. The zero-order valence-electron chi connectivity index (χ0n) is 18.0. The molecule has 164 valence electrons. The number of aromatic nitrogens is 5. The number of fused-ring (bicyclic) bond motifs is 6. The van der Waals surface area contributed by atoms with Crippen LogP contribution in [0.5, 0.6) is 5.75 Å². The number of rotatable bonds is 2. The first-order valence-electron chi connectivity index (χ1n) is 11.2. The number of para-hydroxylation sites is 1. The highest BCUT2D eigenvalue weighted by Gasteiger charge is 2.47. The first-order valence-corrected chi connectivity index (χ1v) is 11.2. The van der Waals surface area contributed by atoms with Crippen LogP contribution in [0.1, 0.15) is 23.5 Å². The smallest absolute Gasteiger partial charge is 0.161 e. The van der Waals surface area contributed by atoms with Crippen LogP contribution in [0.4, 0.5) is 5.82 Å². The highest BCUT2D eigenvalue weighted by Crippen LogP contribution is 2.44. The van der Waals surface area contributed by atoms with E-state index < -0.39 is 5.54 Å². The molecule has 8 heteroatoms. The maximum Gasteiger partial charge on any atom is 0.161 e. The van der Waals surface area contributed by atoms with E-state index in [0.29, 0.717) is 19.8 Å². The zero-order chi connectivity index (χ0) is 21.8. The van der Waals surface area contributed by atoms with Gasteiger partial charge in [0, 0.05) is 24.8 Å². The van der Waals surface area contributed by atoms with Crippen molar-refractivity contribution in [1.82, 2.24) is 24.5 Å². The van der Waals surface area contributed by atoms with Gasteiger partial charge in [-0.15, -0.1) is 0 Å². The van der Waals surface area contributed by atoms with Crippen LogP contribution < -0.4 is 9.64 Å². The highest BCUT2D eigenvalue weighted by atomic mass is 16.5. The summed E-state index contributed by atoms with van der Waals surface area (Å²) >= 11 is 0. The molecule has 4 aromatic rings. The third-order valence-corrected chi connectivity index (χ3v) is 6.86. The molecule has 0 bridgehead atoms. The van der Waals surface area contributed by atoms with Crippen LogP contribution in [0.25, 0.3) is 16.7 Å². The third kappa shape index (κ3) is 2.80. The highest BCUT2D eigenvalue weighted by molar-refractivity contribution is 5.77. The fraction of sp³-hybridized carbons (Fsp3) is 0.280. The predicted molar refractivity (Wildman–Crippen MR) is 123 cm³/mol. The van der Waals surface area contributed by atoms with E-state index in [0.717, 1.165) is 59.3 Å². The van der Waals surface area contributed by atoms with Crippen molar-refractivity contribution in [3.8, 4) is 5.75 Å². The standard InChI is InChI=1S/C25H22N6O2/c1-2-4-21-18(3-1)25(15-33-21)14-32-13-23-28-20-6-5-19(29-24(20)31(23)25)17-8-11-30(12-9-17)22-7-10-26-16-27-22/h1-8,10,16H,9,11-15H2. The molecule has 1 spiro atoms. The molecule has 0 N–H and O–H groups in total. The number of ether oxygens (including phenoxy) is 2. The molecule has 1 unspecified atom stereocenters. The van der Waals surface area contributed by atoms with Crippen LogP contribution in [0.15, 0.2) is 61.1 Å². The van der Waals surface area contributed by atoms with Gasteiger partial charge in [0.05, 0.1) is 12.3 Å². The van der Waals surface area contributed by atoms with Gasteiger partial charge in [-0.05, 0) is 36.3 Å². The van der Waals surface area contributed by atoms with Crippen molar-refractivity contribution < 1.29 is 9.47 Å². The average molecular weight is 438 g/mol. The average Bonchev–Trinajstić information content (AvgIpc) is 3.44. The molecule has 0 saturated carbocycles. The molecule has 3 aliphatic rings. The van der Waals surface area contributed by atoms with Crippen LogP contribution in [0, 0.1) is 0 Å². The first kappa shape index (κ1) is 18.8. The lowest BCUT2D eigenvalue weighted by molar-refractivity contribution is 0.0134.